The van der Waals surface area contributed by atoms with Gasteiger partial charge in [0.1, 0.15) is 11.9 Å². The fourth-order valence-corrected chi connectivity index (χ4v) is 4.72. The largest absolute Gasteiger partial charge is 0.391 e. The number of nitrogens with one attached hydrogen (secondary N) is 3. The van der Waals surface area contributed by atoms with Crippen molar-refractivity contribution in [2.75, 3.05) is 22.1 Å². The number of hydrogen-bond donors (Lipinski definition) is 4. The third-order valence-corrected chi connectivity index (χ3v) is 6.55. The molecule has 4 heterocycles. The first-order valence-electron chi connectivity index (χ1n) is 11.5. The highest BCUT2D eigenvalue weighted by molar-refractivity contribution is 5.97. The Balaban J connectivity index is 1.28. The Hall–Kier alpha value is -3.53. The summed E-state index contributed by atoms with van der Waals surface area (Å²) < 4.78 is 0. The maximum atomic E-state index is 13.0. The highest BCUT2D eigenvalue weighted by Gasteiger charge is 2.38. The lowest BCUT2D eigenvalue weighted by Gasteiger charge is -2.24. The summed E-state index contributed by atoms with van der Waals surface area (Å²) in [5.74, 6) is 2.31. The average Bonchev–Trinajstić information content (AvgIpc) is 3.20. The lowest BCUT2D eigenvalue weighted by atomic mass is 10.2. The minimum Gasteiger partial charge on any atom is -0.391 e. The molecule has 0 aromatic carbocycles. The van der Waals surface area contributed by atoms with E-state index in [1.807, 2.05) is 6.07 Å². The Bertz CT molecular complexity index is 1180. The predicted molar refractivity (Wildman–Crippen MR) is 123 cm³/mol. The van der Waals surface area contributed by atoms with Crippen LogP contribution in [0.2, 0.25) is 0 Å². The monoisotopic (exact) mass is 446 g/mol. The zero-order valence-corrected chi connectivity index (χ0v) is 18.2. The van der Waals surface area contributed by atoms with Crippen LogP contribution in [0, 0.1) is 0 Å². The molecule has 0 spiro atoms. The van der Waals surface area contributed by atoms with Crippen molar-refractivity contribution >= 4 is 29.2 Å². The quantitative estimate of drug-likeness (QED) is 0.453. The van der Waals surface area contributed by atoms with Crippen molar-refractivity contribution in [3.05, 3.63) is 47.5 Å². The molecule has 1 saturated carbocycles. The molecule has 4 N–H and O–H groups in total. The topological polar surface area (TPSA) is 132 Å². The van der Waals surface area contributed by atoms with Crippen LogP contribution in [0.25, 0.3) is 0 Å². The van der Waals surface area contributed by atoms with Gasteiger partial charge in [0.15, 0.2) is 5.82 Å². The van der Waals surface area contributed by atoms with Gasteiger partial charge in [0.2, 0.25) is 11.9 Å². The number of carbonyl (C=O) groups is 1. The van der Waals surface area contributed by atoms with E-state index < -0.39 is 12.1 Å². The van der Waals surface area contributed by atoms with E-state index in [0.717, 1.165) is 47.8 Å². The van der Waals surface area contributed by atoms with Crippen molar-refractivity contribution in [2.24, 2.45) is 0 Å². The van der Waals surface area contributed by atoms with Crippen LogP contribution in [0.15, 0.2) is 30.6 Å². The van der Waals surface area contributed by atoms with Crippen molar-refractivity contribution in [3.63, 3.8) is 0 Å². The molecule has 3 aromatic rings. The molecule has 6 rings (SSSR count). The van der Waals surface area contributed by atoms with Gasteiger partial charge >= 0.3 is 0 Å². The summed E-state index contributed by atoms with van der Waals surface area (Å²) in [6.07, 6.45) is 8.14. The van der Waals surface area contributed by atoms with Crippen molar-refractivity contribution < 1.29 is 9.90 Å². The number of pyridine rings is 1. The number of anilines is 4. The molecule has 0 radical (unpaired) electrons. The minimum absolute atomic E-state index is 0.209. The van der Waals surface area contributed by atoms with Crippen molar-refractivity contribution in [1.82, 2.24) is 25.1 Å². The van der Waals surface area contributed by atoms with E-state index in [2.05, 4.69) is 25.8 Å². The number of H-pyrrole nitrogens is 1. The Morgan fingerprint density at radius 3 is 2.97 bits per heavy atom. The number of aliphatic hydroxyl groups is 1. The fraction of sp³-hybridized carbons (Fsp3) is 0.435. The van der Waals surface area contributed by atoms with Gasteiger partial charge in [0.05, 0.1) is 23.7 Å². The number of aromatic nitrogens is 5. The summed E-state index contributed by atoms with van der Waals surface area (Å²) in [7, 11) is 0. The molecule has 2 fully saturated rings. The summed E-state index contributed by atoms with van der Waals surface area (Å²) in [4.78, 5) is 28.5. The number of rotatable bonds is 6. The Morgan fingerprint density at radius 1 is 1.24 bits per heavy atom. The highest BCUT2D eigenvalue weighted by Crippen LogP contribution is 2.40. The minimum atomic E-state index is -0.629. The van der Waals surface area contributed by atoms with Crippen molar-refractivity contribution in [3.8, 4) is 0 Å². The average molecular weight is 447 g/mol. The first-order valence-corrected chi connectivity index (χ1v) is 11.5. The van der Waals surface area contributed by atoms with Crippen LogP contribution in [0.1, 0.15) is 48.6 Å². The highest BCUT2D eigenvalue weighted by atomic mass is 16.3. The molecule has 170 valence electrons. The molecule has 33 heavy (non-hydrogen) atoms. The number of amides is 1. The second kappa shape index (κ2) is 8.11. The molecule has 0 unspecified atom stereocenters. The van der Waals surface area contributed by atoms with Crippen molar-refractivity contribution in [2.45, 2.75) is 56.6 Å². The number of aliphatic hydroxyl groups excluding tert-OH is 1. The molecule has 2 atom stereocenters. The molecule has 3 aliphatic rings. The first kappa shape index (κ1) is 20.1. The number of nitrogens with zero attached hydrogens (tertiary/aromatic N) is 5. The Kier molecular flexibility index (Phi) is 4.94. The van der Waals surface area contributed by atoms with E-state index in [0.29, 0.717) is 30.5 Å². The van der Waals surface area contributed by atoms with E-state index in [4.69, 9.17) is 9.97 Å². The van der Waals surface area contributed by atoms with Gasteiger partial charge in [0.25, 0.3) is 0 Å². The number of aryl methyl sites for hydroxylation is 1. The Labute approximate surface area is 190 Å². The van der Waals surface area contributed by atoms with Gasteiger partial charge in [0, 0.05) is 42.4 Å². The van der Waals surface area contributed by atoms with Gasteiger partial charge in [-0.2, -0.15) is 10.1 Å². The van der Waals surface area contributed by atoms with E-state index in [-0.39, 0.29) is 5.91 Å². The van der Waals surface area contributed by atoms with Gasteiger partial charge in [-0.25, -0.2) is 4.98 Å². The normalized spacial score (nSPS) is 21.8. The standard InChI is InChI=1S/C23H26N8O2/c32-15-9-19(22(33)25-14-3-2-8-24-11-14)31(12-15)23-26-17-5-1-4-16(17)21(28-23)27-20-10-18(29-30-20)13-6-7-13/h2-3,8,10-11,13,15,19,32H,1,4-7,9,12H2,(H,25,33)(H2,26,27,28,29,30)/t15-,19+/m0/s1. The molecule has 1 saturated heterocycles. The maximum Gasteiger partial charge on any atom is 0.247 e. The number of carbonyl (C=O) groups excluding carboxylic acids is 1. The zero-order valence-electron chi connectivity index (χ0n) is 18.2. The van der Waals surface area contributed by atoms with Crippen LogP contribution in [0.4, 0.5) is 23.3 Å². The third kappa shape index (κ3) is 4.02. The summed E-state index contributed by atoms with van der Waals surface area (Å²) in [5.41, 5.74) is 3.86. The van der Waals surface area contributed by atoms with Gasteiger partial charge in [-0.1, -0.05) is 0 Å². The molecule has 2 aliphatic carbocycles. The predicted octanol–water partition coefficient (Wildman–Crippen LogP) is 2.28. The number of hydrogen-bond acceptors (Lipinski definition) is 8. The summed E-state index contributed by atoms with van der Waals surface area (Å²) in [6.45, 7) is 0.303. The molecule has 1 amide bonds. The second-order valence-electron chi connectivity index (χ2n) is 9.05. The van der Waals surface area contributed by atoms with Gasteiger partial charge < -0.3 is 20.6 Å². The van der Waals surface area contributed by atoms with Crippen LogP contribution >= 0.6 is 0 Å². The van der Waals surface area contributed by atoms with Gasteiger partial charge in [-0.05, 0) is 44.2 Å². The van der Waals surface area contributed by atoms with Crippen molar-refractivity contribution in [1.29, 1.82) is 0 Å². The molecule has 10 nitrogen and oxygen atoms in total. The Morgan fingerprint density at radius 2 is 2.15 bits per heavy atom. The SMILES string of the molecule is O=C(Nc1cccnc1)[C@H]1C[C@H](O)CN1c1nc2c(c(Nc3cc(C4CC4)[nH]n3)n1)CCC2. The van der Waals surface area contributed by atoms with E-state index >= 15 is 0 Å². The number of fused-ring (bicyclic) bond motifs is 1. The summed E-state index contributed by atoms with van der Waals surface area (Å²) >= 11 is 0. The molecule has 0 bridgehead atoms. The molecule has 3 aromatic heterocycles. The van der Waals surface area contributed by atoms with Crippen LogP contribution < -0.4 is 15.5 Å². The van der Waals surface area contributed by atoms with E-state index in [1.165, 1.54) is 12.8 Å². The van der Waals surface area contributed by atoms with Gasteiger partial charge in [-0.15, -0.1) is 0 Å². The number of β-amino-alcohol motifs (C(OH)–C–C–N with tert-alkyl or cyclic N) is 1. The van der Waals surface area contributed by atoms with Crippen LogP contribution in [0.5, 0.6) is 0 Å². The molecule has 1 aliphatic heterocycles. The maximum absolute atomic E-state index is 13.0. The smallest absolute Gasteiger partial charge is 0.247 e. The number of aromatic amines is 1. The van der Waals surface area contributed by atoms with Crippen LogP contribution in [0.3, 0.4) is 0 Å². The summed E-state index contributed by atoms with van der Waals surface area (Å²) in [6, 6.07) is 5.03. The molecular formula is C23H26N8O2. The molecule has 10 heteroatoms. The second-order valence-corrected chi connectivity index (χ2v) is 9.05. The van der Waals surface area contributed by atoms with E-state index in [9.17, 15) is 9.90 Å². The lowest BCUT2D eigenvalue weighted by molar-refractivity contribution is -0.117. The fourth-order valence-electron chi connectivity index (χ4n) is 4.72. The summed E-state index contributed by atoms with van der Waals surface area (Å²) in [5, 5.41) is 24.2. The zero-order chi connectivity index (χ0) is 22.4. The van der Waals surface area contributed by atoms with Crippen LogP contribution in [-0.2, 0) is 17.6 Å². The van der Waals surface area contributed by atoms with Crippen LogP contribution in [-0.4, -0.2) is 54.9 Å². The lowest BCUT2D eigenvalue weighted by Crippen LogP contribution is -2.40. The van der Waals surface area contributed by atoms with E-state index in [1.54, 1.807) is 29.4 Å². The third-order valence-electron chi connectivity index (χ3n) is 6.55. The first-order chi connectivity index (χ1) is 16.1. The molecular weight excluding hydrogens is 420 g/mol. The van der Waals surface area contributed by atoms with Gasteiger partial charge in [-0.3, -0.25) is 14.9 Å².